The quantitative estimate of drug-likeness (QED) is 0.337. The number of phenols is 1. The van der Waals surface area contributed by atoms with Crippen LogP contribution in [0.4, 0.5) is 5.69 Å². The van der Waals surface area contributed by atoms with E-state index in [0.717, 1.165) is 17.5 Å². The van der Waals surface area contributed by atoms with Gasteiger partial charge in [-0.05, 0) is 37.3 Å². The number of hydrogen-bond acceptors (Lipinski definition) is 6. The smallest absolute Gasteiger partial charge is 0.335 e. The van der Waals surface area contributed by atoms with E-state index in [9.17, 15) is 29.6 Å². The highest BCUT2D eigenvalue weighted by atomic mass is 16.6. The van der Waals surface area contributed by atoms with Crippen LogP contribution in [0.3, 0.4) is 0 Å². The van der Waals surface area contributed by atoms with Gasteiger partial charge in [0.2, 0.25) is 5.91 Å². The fraction of sp³-hybridized carbons (Fsp3) is 0.250. The zero-order valence-electron chi connectivity index (χ0n) is 15.8. The van der Waals surface area contributed by atoms with Crippen LogP contribution >= 0.6 is 0 Å². The molecule has 0 fully saturated rings. The SMILES string of the molecule is O=C(Cc1ccccc1O)Nn1c(=O)c(=O)[nH]c2c3c(c([N+](=O)[O-])cc21)CCCC3. The molecular formula is C20H18N4O6. The third kappa shape index (κ3) is 3.32. The average Bonchev–Trinajstić information content (AvgIpc) is 2.72. The number of para-hydroxylation sites is 1. The Balaban J connectivity index is 1.86. The van der Waals surface area contributed by atoms with Crippen LogP contribution in [0.25, 0.3) is 11.0 Å². The van der Waals surface area contributed by atoms with E-state index in [1.54, 1.807) is 18.2 Å². The lowest BCUT2D eigenvalue weighted by atomic mass is 9.89. The summed E-state index contributed by atoms with van der Waals surface area (Å²) in [5.41, 5.74) is 2.07. The molecule has 0 saturated carbocycles. The molecule has 1 aliphatic rings. The third-order valence-corrected chi connectivity index (χ3v) is 5.26. The molecule has 1 aromatic heterocycles. The van der Waals surface area contributed by atoms with Crippen molar-refractivity contribution in [3.63, 3.8) is 0 Å². The molecule has 0 spiro atoms. The molecule has 0 bridgehead atoms. The topological polar surface area (TPSA) is 147 Å². The molecule has 10 nitrogen and oxygen atoms in total. The highest BCUT2D eigenvalue weighted by Crippen LogP contribution is 2.34. The Labute approximate surface area is 168 Å². The van der Waals surface area contributed by atoms with Crippen LogP contribution in [-0.2, 0) is 24.1 Å². The summed E-state index contributed by atoms with van der Waals surface area (Å²) in [4.78, 5) is 50.8. The van der Waals surface area contributed by atoms with Gasteiger partial charge in [0.25, 0.3) is 5.69 Å². The van der Waals surface area contributed by atoms with Crippen LogP contribution in [0.5, 0.6) is 5.75 Å². The van der Waals surface area contributed by atoms with Gasteiger partial charge < -0.3 is 10.1 Å². The Morgan fingerprint density at radius 1 is 1.20 bits per heavy atom. The molecule has 3 aromatic rings. The summed E-state index contributed by atoms with van der Waals surface area (Å²) in [5, 5.41) is 21.5. The maximum atomic E-state index is 12.5. The average molecular weight is 410 g/mol. The fourth-order valence-electron chi connectivity index (χ4n) is 3.87. The zero-order chi connectivity index (χ0) is 21.4. The molecule has 10 heteroatoms. The number of amides is 1. The van der Waals surface area contributed by atoms with Crippen LogP contribution in [0.2, 0.25) is 0 Å². The van der Waals surface area contributed by atoms with E-state index in [4.69, 9.17) is 0 Å². The molecule has 154 valence electrons. The highest BCUT2D eigenvalue weighted by Gasteiger charge is 2.26. The molecule has 3 N–H and O–H groups in total. The molecule has 1 heterocycles. The summed E-state index contributed by atoms with van der Waals surface area (Å²) >= 11 is 0. The van der Waals surface area contributed by atoms with E-state index >= 15 is 0 Å². The summed E-state index contributed by atoms with van der Waals surface area (Å²) in [6, 6.07) is 7.43. The van der Waals surface area contributed by atoms with Gasteiger partial charge in [0.1, 0.15) is 5.75 Å². The largest absolute Gasteiger partial charge is 0.508 e. The number of aromatic nitrogens is 2. The molecule has 0 saturated heterocycles. The van der Waals surface area contributed by atoms with Gasteiger partial charge in [0.05, 0.1) is 22.4 Å². The van der Waals surface area contributed by atoms with Crippen molar-refractivity contribution in [2.75, 3.05) is 5.43 Å². The molecule has 2 aromatic carbocycles. The van der Waals surface area contributed by atoms with Crippen molar-refractivity contribution in [3.8, 4) is 5.75 Å². The molecule has 1 amide bonds. The van der Waals surface area contributed by atoms with E-state index < -0.39 is 21.9 Å². The molecule has 0 unspecified atom stereocenters. The number of nitrogens with one attached hydrogen (secondary N) is 2. The molecule has 4 rings (SSSR count). The van der Waals surface area contributed by atoms with Gasteiger partial charge in [0, 0.05) is 17.2 Å². The van der Waals surface area contributed by atoms with Crippen molar-refractivity contribution in [3.05, 3.63) is 77.8 Å². The second-order valence-corrected chi connectivity index (χ2v) is 7.15. The Morgan fingerprint density at radius 2 is 1.90 bits per heavy atom. The first-order valence-corrected chi connectivity index (χ1v) is 9.41. The standard InChI is InChI=1S/C20H18N4O6/c25-16-8-4-1-5-11(16)9-17(26)22-23-15-10-14(24(29)30)12-6-2-3-7-13(12)18(15)21-19(27)20(23)28/h1,4-5,8,10,25H,2-3,6-7,9H2,(H,21,27)(H,22,26). The third-order valence-electron chi connectivity index (χ3n) is 5.26. The first-order chi connectivity index (χ1) is 14.4. The number of nitro benzene ring substituents is 1. The number of aromatic amines is 1. The summed E-state index contributed by atoms with van der Waals surface area (Å²) in [7, 11) is 0. The first kappa shape index (κ1) is 19.4. The van der Waals surface area contributed by atoms with Gasteiger partial charge in [-0.2, -0.15) is 0 Å². The van der Waals surface area contributed by atoms with E-state index in [1.165, 1.54) is 12.1 Å². The minimum absolute atomic E-state index is 0.0533. The highest BCUT2D eigenvalue weighted by molar-refractivity contribution is 5.90. The molecule has 1 aliphatic carbocycles. The van der Waals surface area contributed by atoms with Crippen LogP contribution in [0.1, 0.15) is 29.5 Å². The lowest BCUT2D eigenvalue weighted by Gasteiger charge is -2.19. The number of nitro groups is 1. The van der Waals surface area contributed by atoms with E-state index in [0.29, 0.717) is 35.0 Å². The van der Waals surface area contributed by atoms with Gasteiger partial charge in [-0.15, -0.1) is 0 Å². The van der Waals surface area contributed by atoms with E-state index in [-0.39, 0.29) is 23.4 Å². The number of aryl methyl sites for hydroxylation is 1. The van der Waals surface area contributed by atoms with Crippen molar-refractivity contribution in [2.24, 2.45) is 0 Å². The van der Waals surface area contributed by atoms with Crippen LogP contribution in [0.15, 0.2) is 39.9 Å². The van der Waals surface area contributed by atoms with Crippen LogP contribution in [-0.4, -0.2) is 25.6 Å². The number of nitrogens with zero attached hydrogens (tertiary/aromatic N) is 2. The van der Waals surface area contributed by atoms with Crippen LogP contribution in [0, 0.1) is 10.1 Å². The van der Waals surface area contributed by atoms with Gasteiger partial charge >= 0.3 is 11.1 Å². The minimum atomic E-state index is -1.06. The Bertz CT molecular complexity index is 1310. The normalized spacial score (nSPS) is 13.1. The van der Waals surface area contributed by atoms with Crippen molar-refractivity contribution >= 4 is 22.6 Å². The second-order valence-electron chi connectivity index (χ2n) is 7.15. The molecule has 30 heavy (non-hydrogen) atoms. The molecular weight excluding hydrogens is 392 g/mol. The van der Waals surface area contributed by atoms with Gasteiger partial charge in [-0.25, -0.2) is 4.68 Å². The number of rotatable bonds is 4. The summed E-state index contributed by atoms with van der Waals surface area (Å²) in [6.45, 7) is 0. The lowest BCUT2D eigenvalue weighted by Crippen LogP contribution is -2.43. The van der Waals surface area contributed by atoms with Crippen molar-refractivity contribution in [2.45, 2.75) is 32.1 Å². The summed E-state index contributed by atoms with van der Waals surface area (Å²) in [5.74, 6) is -0.744. The number of carbonyl (C=O) groups is 1. The van der Waals surface area contributed by atoms with Gasteiger partial charge in [-0.3, -0.25) is 29.9 Å². The monoisotopic (exact) mass is 410 g/mol. The number of hydrogen-bond donors (Lipinski definition) is 3. The number of benzene rings is 2. The maximum absolute atomic E-state index is 12.5. The number of phenolic OH excluding ortho intramolecular Hbond substituents is 1. The summed E-state index contributed by atoms with van der Waals surface area (Å²) < 4.78 is 0.748. The zero-order valence-corrected chi connectivity index (χ0v) is 15.8. The number of H-pyrrole nitrogens is 1. The number of aromatic hydroxyl groups is 1. The Kier molecular flexibility index (Phi) is 4.82. The predicted molar refractivity (Wildman–Crippen MR) is 108 cm³/mol. The van der Waals surface area contributed by atoms with Crippen molar-refractivity contribution in [1.82, 2.24) is 9.66 Å². The second kappa shape index (κ2) is 7.47. The number of fused-ring (bicyclic) bond motifs is 3. The van der Waals surface area contributed by atoms with E-state index in [1.807, 2.05) is 0 Å². The first-order valence-electron chi connectivity index (χ1n) is 9.41. The van der Waals surface area contributed by atoms with Crippen LogP contribution < -0.4 is 16.5 Å². The molecule has 0 radical (unpaired) electrons. The molecule has 0 aliphatic heterocycles. The van der Waals surface area contributed by atoms with E-state index in [2.05, 4.69) is 10.4 Å². The molecule has 0 atom stereocenters. The van der Waals surface area contributed by atoms with Gasteiger partial charge in [-0.1, -0.05) is 18.2 Å². The Hall–Kier alpha value is -3.95. The maximum Gasteiger partial charge on any atom is 0.335 e. The number of carbonyl (C=O) groups excluding carboxylic acids is 1. The Morgan fingerprint density at radius 3 is 2.60 bits per heavy atom. The van der Waals surface area contributed by atoms with Crippen molar-refractivity contribution in [1.29, 1.82) is 0 Å². The fourth-order valence-corrected chi connectivity index (χ4v) is 3.87. The van der Waals surface area contributed by atoms with Crippen molar-refractivity contribution < 1.29 is 14.8 Å². The summed E-state index contributed by atoms with van der Waals surface area (Å²) in [6.07, 6.45) is 2.36. The predicted octanol–water partition coefficient (Wildman–Crippen LogP) is 1.50. The lowest BCUT2D eigenvalue weighted by molar-refractivity contribution is -0.385. The minimum Gasteiger partial charge on any atom is -0.508 e. The van der Waals surface area contributed by atoms with Gasteiger partial charge in [0.15, 0.2) is 0 Å².